The van der Waals surface area contributed by atoms with Crippen molar-refractivity contribution in [1.29, 1.82) is 0 Å². The predicted octanol–water partition coefficient (Wildman–Crippen LogP) is 4.87. The molecule has 0 bridgehead atoms. The Balaban J connectivity index is 3.13. The maximum Gasteiger partial charge on any atom is -0.0169 e. The Morgan fingerprint density at radius 2 is 1.15 bits per heavy atom. The number of hydrogen-bond acceptors (Lipinski definition) is 0. The normalized spacial score (nSPS) is 11.8. The van der Waals surface area contributed by atoms with Gasteiger partial charge in [-0.25, -0.2) is 0 Å². The lowest BCUT2D eigenvalue weighted by Crippen LogP contribution is -1.68. The third kappa shape index (κ3) is 11.5. The van der Waals surface area contributed by atoms with Crippen molar-refractivity contribution in [2.45, 2.75) is 58.8 Å². The lowest BCUT2D eigenvalue weighted by molar-refractivity contribution is 0.811. The van der Waals surface area contributed by atoms with Gasteiger partial charge >= 0.3 is 0 Å². The second-order valence-electron chi connectivity index (χ2n) is 3.46. The van der Waals surface area contributed by atoms with E-state index < -0.39 is 0 Å². The van der Waals surface area contributed by atoms with Gasteiger partial charge in [-0.05, 0) is 19.3 Å². The molecule has 0 fully saturated rings. The summed E-state index contributed by atoms with van der Waals surface area (Å²) in [6, 6.07) is 0. The summed E-state index contributed by atoms with van der Waals surface area (Å²) in [5.41, 5.74) is 0. The van der Waals surface area contributed by atoms with Gasteiger partial charge in [-0.15, -0.1) is 0 Å². The smallest absolute Gasteiger partial charge is 0.0169 e. The molecular formula is C13H24. The van der Waals surface area contributed by atoms with Gasteiger partial charge in [-0.2, -0.15) is 0 Å². The molecule has 0 saturated carbocycles. The second-order valence-corrected chi connectivity index (χ2v) is 3.46. The minimum Gasteiger partial charge on any atom is -0.0882 e. The van der Waals surface area contributed by atoms with E-state index in [2.05, 4.69) is 38.2 Å². The SMILES string of the molecule is CCCCC=CCC=CCCCC. The van der Waals surface area contributed by atoms with Crippen LogP contribution in [0.25, 0.3) is 0 Å². The van der Waals surface area contributed by atoms with Crippen LogP contribution in [-0.4, -0.2) is 0 Å². The van der Waals surface area contributed by atoms with Crippen LogP contribution in [0.3, 0.4) is 0 Å². The van der Waals surface area contributed by atoms with Crippen molar-refractivity contribution < 1.29 is 0 Å². The summed E-state index contributed by atoms with van der Waals surface area (Å²) >= 11 is 0. The van der Waals surface area contributed by atoms with Crippen LogP contribution in [0.2, 0.25) is 0 Å². The third-order valence-electron chi connectivity index (χ3n) is 2.05. The Morgan fingerprint density at radius 3 is 1.54 bits per heavy atom. The van der Waals surface area contributed by atoms with Crippen LogP contribution in [-0.2, 0) is 0 Å². The molecule has 0 N–H and O–H groups in total. The van der Waals surface area contributed by atoms with Gasteiger partial charge in [-0.1, -0.05) is 63.8 Å². The third-order valence-corrected chi connectivity index (χ3v) is 2.05. The number of unbranched alkanes of at least 4 members (excludes halogenated alkanes) is 4. The summed E-state index contributed by atoms with van der Waals surface area (Å²) in [6.07, 6.45) is 18.0. The zero-order valence-corrected chi connectivity index (χ0v) is 9.26. The van der Waals surface area contributed by atoms with E-state index in [1.54, 1.807) is 0 Å². The van der Waals surface area contributed by atoms with Crippen molar-refractivity contribution in [3.05, 3.63) is 24.3 Å². The van der Waals surface area contributed by atoms with E-state index in [0.717, 1.165) is 6.42 Å². The lowest BCUT2D eigenvalue weighted by Gasteiger charge is -1.88. The molecule has 0 radical (unpaired) electrons. The molecule has 0 aliphatic rings. The Bertz CT molecular complexity index is 115. The van der Waals surface area contributed by atoms with Gasteiger partial charge < -0.3 is 0 Å². The number of rotatable bonds is 8. The minimum absolute atomic E-state index is 1.12. The van der Waals surface area contributed by atoms with Gasteiger partial charge in [0.1, 0.15) is 0 Å². The van der Waals surface area contributed by atoms with Gasteiger partial charge in [0.2, 0.25) is 0 Å². The predicted molar refractivity (Wildman–Crippen MR) is 61.9 cm³/mol. The fourth-order valence-electron chi connectivity index (χ4n) is 1.15. The first-order chi connectivity index (χ1) is 6.41. The molecule has 0 rings (SSSR count). The largest absolute Gasteiger partial charge is 0.0882 e. The first-order valence-electron chi connectivity index (χ1n) is 5.71. The van der Waals surface area contributed by atoms with Gasteiger partial charge in [-0.3, -0.25) is 0 Å². The zero-order chi connectivity index (χ0) is 9.78. The Hall–Kier alpha value is -0.520. The molecule has 0 aromatic rings. The average Bonchev–Trinajstić information content (AvgIpc) is 2.16. The number of allylic oxidation sites excluding steroid dienone is 4. The number of hydrogen-bond donors (Lipinski definition) is 0. The van der Waals surface area contributed by atoms with Crippen molar-refractivity contribution in [2.24, 2.45) is 0 Å². The fourth-order valence-corrected chi connectivity index (χ4v) is 1.15. The van der Waals surface area contributed by atoms with E-state index in [9.17, 15) is 0 Å². The zero-order valence-electron chi connectivity index (χ0n) is 9.26. The first kappa shape index (κ1) is 12.5. The van der Waals surface area contributed by atoms with Crippen LogP contribution in [0.1, 0.15) is 58.8 Å². The molecule has 0 unspecified atom stereocenters. The fraction of sp³-hybridized carbons (Fsp3) is 0.692. The summed E-state index contributed by atoms with van der Waals surface area (Å²) in [6.45, 7) is 4.47. The van der Waals surface area contributed by atoms with Crippen LogP contribution in [0.15, 0.2) is 24.3 Å². The molecular weight excluding hydrogens is 156 g/mol. The van der Waals surface area contributed by atoms with E-state index >= 15 is 0 Å². The second kappa shape index (κ2) is 11.5. The molecule has 0 aliphatic carbocycles. The van der Waals surface area contributed by atoms with Gasteiger partial charge in [0.05, 0.1) is 0 Å². The summed E-state index contributed by atoms with van der Waals surface area (Å²) in [5.74, 6) is 0. The molecule has 0 spiro atoms. The highest BCUT2D eigenvalue weighted by Gasteiger charge is 1.78. The van der Waals surface area contributed by atoms with Gasteiger partial charge in [0.25, 0.3) is 0 Å². The summed E-state index contributed by atoms with van der Waals surface area (Å²) < 4.78 is 0. The molecule has 0 amide bonds. The quantitative estimate of drug-likeness (QED) is 0.369. The van der Waals surface area contributed by atoms with Gasteiger partial charge in [0, 0.05) is 0 Å². The highest BCUT2D eigenvalue weighted by Crippen LogP contribution is 1.98. The Labute approximate surface area is 83.7 Å². The molecule has 76 valence electrons. The molecule has 0 aromatic carbocycles. The van der Waals surface area contributed by atoms with Crippen molar-refractivity contribution >= 4 is 0 Å². The van der Waals surface area contributed by atoms with E-state index in [4.69, 9.17) is 0 Å². The summed E-state index contributed by atoms with van der Waals surface area (Å²) in [5, 5.41) is 0. The van der Waals surface area contributed by atoms with E-state index in [-0.39, 0.29) is 0 Å². The molecule has 0 atom stereocenters. The molecule has 0 saturated heterocycles. The molecule has 0 heterocycles. The highest BCUT2D eigenvalue weighted by molar-refractivity contribution is 4.92. The van der Waals surface area contributed by atoms with Crippen LogP contribution in [0, 0.1) is 0 Å². The standard InChI is InChI=1S/C13H24/c1-3-5-7-9-11-13-12-10-8-6-4-2/h9-12H,3-8,13H2,1-2H3. The average molecular weight is 180 g/mol. The van der Waals surface area contributed by atoms with Crippen molar-refractivity contribution in [1.82, 2.24) is 0 Å². The topological polar surface area (TPSA) is 0 Å². The monoisotopic (exact) mass is 180 g/mol. The molecule has 0 heteroatoms. The van der Waals surface area contributed by atoms with Crippen LogP contribution >= 0.6 is 0 Å². The van der Waals surface area contributed by atoms with Crippen molar-refractivity contribution in [3.63, 3.8) is 0 Å². The summed E-state index contributed by atoms with van der Waals surface area (Å²) in [7, 11) is 0. The van der Waals surface area contributed by atoms with Crippen LogP contribution in [0.4, 0.5) is 0 Å². The summed E-state index contributed by atoms with van der Waals surface area (Å²) in [4.78, 5) is 0. The molecule has 0 aliphatic heterocycles. The molecule has 13 heavy (non-hydrogen) atoms. The molecule has 0 aromatic heterocycles. The van der Waals surface area contributed by atoms with Gasteiger partial charge in [0.15, 0.2) is 0 Å². The maximum absolute atomic E-state index is 2.30. The Kier molecular flexibility index (Phi) is 11.0. The van der Waals surface area contributed by atoms with Crippen LogP contribution < -0.4 is 0 Å². The van der Waals surface area contributed by atoms with Crippen molar-refractivity contribution in [3.8, 4) is 0 Å². The van der Waals surface area contributed by atoms with Crippen LogP contribution in [0.5, 0.6) is 0 Å². The maximum atomic E-state index is 2.30. The van der Waals surface area contributed by atoms with E-state index in [0.29, 0.717) is 0 Å². The van der Waals surface area contributed by atoms with Crippen molar-refractivity contribution in [2.75, 3.05) is 0 Å². The van der Waals surface area contributed by atoms with E-state index in [1.165, 1.54) is 38.5 Å². The highest BCUT2D eigenvalue weighted by atomic mass is 13.8. The lowest BCUT2D eigenvalue weighted by atomic mass is 10.2. The first-order valence-corrected chi connectivity index (χ1v) is 5.71. The molecule has 0 nitrogen and oxygen atoms in total. The van der Waals surface area contributed by atoms with E-state index in [1.807, 2.05) is 0 Å². The minimum atomic E-state index is 1.12. The Morgan fingerprint density at radius 1 is 0.692 bits per heavy atom.